The Bertz CT molecular complexity index is 740. The van der Waals surface area contributed by atoms with Gasteiger partial charge in [-0.3, -0.25) is 0 Å². The van der Waals surface area contributed by atoms with Crippen molar-refractivity contribution in [1.82, 2.24) is 20.2 Å². The Morgan fingerprint density at radius 3 is 2.90 bits per heavy atom. The quantitative estimate of drug-likeness (QED) is 0.839. The third-order valence-electron chi connectivity index (χ3n) is 3.32. The first-order chi connectivity index (χ1) is 10.1. The van der Waals surface area contributed by atoms with Crippen LogP contribution in [0.3, 0.4) is 0 Å². The zero-order chi connectivity index (χ0) is 15.0. The minimum atomic E-state index is -0.773. The molecule has 1 aromatic carbocycles. The molecule has 1 aromatic heterocycles. The summed E-state index contributed by atoms with van der Waals surface area (Å²) in [5.74, 6) is -0.664. The number of fused-ring (bicyclic) bond motifs is 1. The van der Waals surface area contributed by atoms with Crippen molar-refractivity contribution in [3.63, 3.8) is 0 Å². The van der Waals surface area contributed by atoms with Crippen LogP contribution in [0.4, 0.5) is 10.3 Å². The van der Waals surface area contributed by atoms with E-state index in [2.05, 4.69) is 20.8 Å². The van der Waals surface area contributed by atoms with Gasteiger partial charge in [0.15, 0.2) is 0 Å². The highest BCUT2D eigenvalue weighted by atomic mass is 19.1. The molecule has 0 saturated heterocycles. The van der Waals surface area contributed by atoms with Crippen LogP contribution >= 0.6 is 0 Å². The first kappa shape index (κ1) is 13.2. The lowest BCUT2D eigenvalue weighted by molar-refractivity contribution is -0.136. The first-order valence-electron chi connectivity index (χ1n) is 6.22. The van der Waals surface area contributed by atoms with Crippen molar-refractivity contribution in [3.8, 4) is 0 Å². The molecule has 2 aromatic rings. The molecule has 1 aliphatic rings. The van der Waals surface area contributed by atoms with Gasteiger partial charge in [-0.05, 0) is 23.4 Å². The molecule has 8 heteroatoms. The molecule has 108 valence electrons. The van der Waals surface area contributed by atoms with Gasteiger partial charge in [0.25, 0.3) is 0 Å². The Morgan fingerprint density at radius 1 is 1.43 bits per heavy atom. The zero-order valence-electron chi connectivity index (χ0n) is 11.4. The molecule has 0 radical (unpaired) electrons. The number of hydrogen-bond acceptors (Lipinski definition) is 6. The molecule has 0 unspecified atom stereocenters. The highest BCUT2D eigenvalue weighted by Crippen LogP contribution is 2.35. The van der Waals surface area contributed by atoms with E-state index in [0.29, 0.717) is 17.2 Å². The Kier molecular flexibility index (Phi) is 3.13. The number of benzene rings is 1. The van der Waals surface area contributed by atoms with Crippen molar-refractivity contribution in [2.45, 2.75) is 13.0 Å². The van der Waals surface area contributed by atoms with Gasteiger partial charge < -0.3 is 10.1 Å². The molecule has 1 aliphatic heterocycles. The molecule has 0 fully saturated rings. The normalized spacial score (nSPS) is 17.2. The van der Waals surface area contributed by atoms with Gasteiger partial charge in [0.2, 0.25) is 5.95 Å². The second-order valence-corrected chi connectivity index (χ2v) is 4.53. The molecule has 0 amide bonds. The van der Waals surface area contributed by atoms with Crippen molar-refractivity contribution in [2.75, 3.05) is 12.4 Å². The molecule has 0 bridgehead atoms. The number of rotatable bonds is 2. The van der Waals surface area contributed by atoms with E-state index >= 15 is 0 Å². The second kappa shape index (κ2) is 4.97. The fourth-order valence-electron chi connectivity index (χ4n) is 2.37. The van der Waals surface area contributed by atoms with Crippen molar-refractivity contribution < 1.29 is 13.9 Å². The number of carbonyl (C=O) groups is 1. The number of nitrogens with zero attached hydrogens (tertiary/aromatic N) is 4. The summed E-state index contributed by atoms with van der Waals surface area (Å²) in [5, 5.41) is 14.1. The number of tetrazole rings is 1. The van der Waals surface area contributed by atoms with Crippen molar-refractivity contribution >= 4 is 11.9 Å². The smallest absolute Gasteiger partial charge is 0.338 e. The largest absolute Gasteiger partial charge is 0.466 e. The van der Waals surface area contributed by atoms with Crippen LogP contribution < -0.4 is 5.32 Å². The number of halogens is 1. The number of anilines is 1. The summed E-state index contributed by atoms with van der Waals surface area (Å²) >= 11 is 0. The Balaban J connectivity index is 2.23. The minimum absolute atomic E-state index is 0.266. The molecular formula is C13H12FN5O2. The van der Waals surface area contributed by atoms with Crippen LogP contribution in [-0.4, -0.2) is 33.3 Å². The van der Waals surface area contributed by atoms with E-state index in [1.807, 2.05) is 0 Å². The fourth-order valence-corrected chi connectivity index (χ4v) is 2.37. The predicted molar refractivity (Wildman–Crippen MR) is 70.7 cm³/mol. The maximum atomic E-state index is 14.2. The van der Waals surface area contributed by atoms with Crippen molar-refractivity contribution in [1.29, 1.82) is 0 Å². The van der Waals surface area contributed by atoms with Gasteiger partial charge in [-0.2, -0.15) is 4.68 Å². The third kappa shape index (κ3) is 2.04. The summed E-state index contributed by atoms with van der Waals surface area (Å²) in [5.41, 5.74) is 1.09. The predicted octanol–water partition coefficient (Wildman–Crippen LogP) is 1.27. The van der Waals surface area contributed by atoms with Gasteiger partial charge >= 0.3 is 5.97 Å². The summed E-state index contributed by atoms with van der Waals surface area (Å²) < 4.78 is 20.3. The fraction of sp³-hybridized carbons (Fsp3) is 0.231. The van der Waals surface area contributed by atoms with E-state index in [4.69, 9.17) is 4.74 Å². The van der Waals surface area contributed by atoms with Crippen molar-refractivity contribution in [3.05, 3.63) is 46.9 Å². The summed E-state index contributed by atoms with van der Waals surface area (Å²) in [6.45, 7) is 1.69. The van der Waals surface area contributed by atoms with E-state index in [1.165, 1.54) is 17.9 Å². The van der Waals surface area contributed by atoms with Gasteiger partial charge in [0.05, 0.1) is 12.7 Å². The van der Waals surface area contributed by atoms with Crippen LogP contribution in [-0.2, 0) is 9.53 Å². The monoisotopic (exact) mass is 289 g/mol. The van der Waals surface area contributed by atoms with Crippen molar-refractivity contribution in [2.24, 2.45) is 0 Å². The van der Waals surface area contributed by atoms with Crippen LogP contribution in [0.25, 0.3) is 0 Å². The average Bonchev–Trinajstić information content (AvgIpc) is 2.93. The second-order valence-electron chi connectivity index (χ2n) is 4.53. The SMILES string of the molecule is COC(=O)C1=C(C)Nc2nnnn2[C@H]1c1ccccc1F. The molecule has 1 atom stereocenters. The van der Waals surface area contributed by atoms with Gasteiger partial charge in [0.1, 0.15) is 11.9 Å². The number of nitrogens with one attached hydrogen (secondary N) is 1. The molecule has 3 rings (SSSR count). The zero-order valence-corrected chi connectivity index (χ0v) is 11.4. The average molecular weight is 289 g/mol. The van der Waals surface area contributed by atoms with Gasteiger partial charge in [0, 0.05) is 11.3 Å². The minimum Gasteiger partial charge on any atom is -0.466 e. The maximum absolute atomic E-state index is 14.2. The summed E-state index contributed by atoms with van der Waals surface area (Å²) in [7, 11) is 1.27. The van der Waals surface area contributed by atoms with E-state index < -0.39 is 17.8 Å². The molecule has 0 saturated carbocycles. The number of methoxy groups -OCH3 is 1. The molecule has 2 heterocycles. The summed E-state index contributed by atoms with van der Waals surface area (Å²) in [4.78, 5) is 12.1. The van der Waals surface area contributed by atoms with Gasteiger partial charge in [-0.1, -0.05) is 23.3 Å². The van der Waals surface area contributed by atoms with E-state index in [-0.39, 0.29) is 5.57 Å². The Morgan fingerprint density at radius 2 is 2.19 bits per heavy atom. The molecule has 0 aliphatic carbocycles. The maximum Gasteiger partial charge on any atom is 0.338 e. The lowest BCUT2D eigenvalue weighted by atomic mass is 9.95. The summed E-state index contributed by atoms with van der Waals surface area (Å²) in [6, 6.07) is 5.41. The molecular weight excluding hydrogens is 277 g/mol. The number of esters is 1. The van der Waals surface area contributed by atoms with E-state index in [0.717, 1.165) is 0 Å². The highest BCUT2D eigenvalue weighted by molar-refractivity contribution is 5.92. The lowest BCUT2D eigenvalue weighted by Crippen LogP contribution is -2.29. The molecule has 1 N–H and O–H groups in total. The number of hydrogen-bond donors (Lipinski definition) is 1. The highest BCUT2D eigenvalue weighted by Gasteiger charge is 2.35. The van der Waals surface area contributed by atoms with E-state index in [9.17, 15) is 9.18 Å². The number of allylic oxidation sites excluding steroid dienone is 1. The number of ether oxygens (including phenoxy) is 1. The molecule has 7 nitrogen and oxygen atoms in total. The molecule has 0 spiro atoms. The molecule has 21 heavy (non-hydrogen) atoms. The lowest BCUT2D eigenvalue weighted by Gasteiger charge is -2.27. The number of aromatic nitrogens is 4. The standard InChI is InChI=1S/C13H12FN5O2/c1-7-10(12(20)21-2)11(8-5-3-4-6-9(8)14)19-13(15-7)16-17-18-19/h3-6,11H,1-2H3,(H,15,16,18)/t11-/m0/s1. The van der Waals surface area contributed by atoms with Crippen LogP contribution in [0.1, 0.15) is 18.5 Å². The Hall–Kier alpha value is -2.77. The number of carbonyl (C=O) groups excluding carboxylic acids is 1. The summed E-state index contributed by atoms with van der Waals surface area (Å²) in [6.07, 6.45) is 0. The Labute approximate surface area is 119 Å². The van der Waals surface area contributed by atoms with Gasteiger partial charge in [-0.25, -0.2) is 9.18 Å². The van der Waals surface area contributed by atoms with E-state index in [1.54, 1.807) is 25.1 Å². The van der Waals surface area contributed by atoms with Crippen LogP contribution in [0, 0.1) is 5.82 Å². The van der Waals surface area contributed by atoms with Crippen LogP contribution in [0.5, 0.6) is 0 Å². The van der Waals surface area contributed by atoms with Crippen LogP contribution in [0.2, 0.25) is 0 Å². The van der Waals surface area contributed by atoms with Gasteiger partial charge in [-0.15, -0.1) is 0 Å². The third-order valence-corrected chi connectivity index (χ3v) is 3.32. The first-order valence-corrected chi connectivity index (χ1v) is 6.22. The topological polar surface area (TPSA) is 81.9 Å². The van der Waals surface area contributed by atoms with Crippen LogP contribution in [0.15, 0.2) is 35.5 Å².